The van der Waals surface area contributed by atoms with E-state index in [1.54, 1.807) is 0 Å². The van der Waals surface area contributed by atoms with Crippen LogP contribution < -0.4 is 0 Å². The fourth-order valence-corrected chi connectivity index (χ4v) is 3.06. The van der Waals surface area contributed by atoms with Gasteiger partial charge in [-0.1, -0.05) is 30.7 Å². The quantitative estimate of drug-likeness (QED) is 0.923. The van der Waals surface area contributed by atoms with Crippen LogP contribution in [0.2, 0.25) is 5.02 Å². The van der Waals surface area contributed by atoms with Crippen LogP contribution in [0.1, 0.15) is 31.9 Å². The van der Waals surface area contributed by atoms with Gasteiger partial charge < -0.3 is 5.11 Å². The molecule has 0 aliphatic carbocycles. The molecule has 3 atom stereocenters. The molecule has 1 aromatic carbocycles. The first-order valence-electron chi connectivity index (χ1n) is 6.69. The SMILES string of the molecule is CC1CC(C(=O)O)CN(C(C)c2cccc(Cl)c2)C1. The van der Waals surface area contributed by atoms with Gasteiger partial charge in [-0.05, 0) is 37.0 Å². The molecule has 0 spiro atoms. The first kappa shape index (κ1) is 14.4. The molecule has 1 aliphatic rings. The van der Waals surface area contributed by atoms with Crippen LogP contribution in [0.25, 0.3) is 0 Å². The van der Waals surface area contributed by atoms with Gasteiger partial charge in [-0.25, -0.2) is 0 Å². The zero-order chi connectivity index (χ0) is 14.0. The van der Waals surface area contributed by atoms with Gasteiger partial charge in [0.05, 0.1) is 5.92 Å². The first-order chi connectivity index (χ1) is 8.97. The second-order valence-electron chi connectivity index (χ2n) is 5.56. The molecule has 1 saturated heterocycles. The standard InChI is InChI=1S/C15H20ClNO2/c1-10-6-13(15(18)19)9-17(8-10)11(2)12-4-3-5-14(16)7-12/h3-5,7,10-11,13H,6,8-9H2,1-2H3,(H,18,19). The lowest BCUT2D eigenvalue weighted by Gasteiger charge is -2.38. The molecule has 19 heavy (non-hydrogen) atoms. The summed E-state index contributed by atoms with van der Waals surface area (Å²) in [5.41, 5.74) is 1.14. The van der Waals surface area contributed by atoms with E-state index in [0.717, 1.165) is 23.6 Å². The Labute approximate surface area is 119 Å². The van der Waals surface area contributed by atoms with E-state index in [2.05, 4.69) is 18.7 Å². The molecule has 0 saturated carbocycles. The third-order valence-electron chi connectivity index (χ3n) is 3.92. The van der Waals surface area contributed by atoms with Crippen molar-refractivity contribution in [3.63, 3.8) is 0 Å². The fourth-order valence-electron chi connectivity index (χ4n) is 2.87. The lowest BCUT2D eigenvalue weighted by molar-refractivity contribution is -0.144. The molecule has 0 aromatic heterocycles. The maximum Gasteiger partial charge on any atom is 0.307 e. The summed E-state index contributed by atoms with van der Waals surface area (Å²) in [6.45, 7) is 5.79. The molecular formula is C15H20ClNO2. The van der Waals surface area contributed by atoms with Crippen LogP contribution in [-0.4, -0.2) is 29.1 Å². The van der Waals surface area contributed by atoms with Crippen molar-refractivity contribution in [2.24, 2.45) is 11.8 Å². The van der Waals surface area contributed by atoms with Crippen molar-refractivity contribution in [3.8, 4) is 0 Å². The number of benzene rings is 1. The van der Waals surface area contributed by atoms with Crippen molar-refractivity contribution in [2.45, 2.75) is 26.3 Å². The third-order valence-corrected chi connectivity index (χ3v) is 4.15. The van der Waals surface area contributed by atoms with E-state index in [4.69, 9.17) is 11.6 Å². The predicted octanol–water partition coefficient (Wildman–Crippen LogP) is 3.44. The normalized spacial score (nSPS) is 26.1. The number of hydrogen-bond acceptors (Lipinski definition) is 2. The number of hydrogen-bond donors (Lipinski definition) is 1. The maximum absolute atomic E-state index is 11.2. The number of halogens is 1. The molecule has 104 valence electrons. The van der Waals surface area contributed by atoms with E-state index in [1.165, 1.54) is 0 Å². The highest BCUT2D eigenvalue weighted by Crippen LogP contribution is 2.30. The molecule has 1 N–H and O–H groups in total. The molecular weight excluding hydrogens is 262 g/mol. The molecule has 4 heteroatoms. The third kappa shape index (κ3) is 3.48. The summed E-state index contributed by atoms with van der Waals surface area (Å²) < 4.78 is 0. The van der Waals surface area contributed by atoms with E-state index in [-0.39, 0.29) is 12.0 Å². The van der Waals surface area contributed by atoms with Crippen molar-refractivity contribution < 1.29 is 9.90 Å². The van der Waals surface area contributed by atoms with Crippen LogP contribution in [0.5, 0.6) is 0 Å². The van der Waals surface area contributed by atoms with Gasteiger partial charge in [-0.2, -0.15) is 0 Å². The summed E-state index contributed by atoms with van der Waals surface area (Å²) in [6.07, 6.45) is 0.772. The Morgan fingerprint density at radius 1 is 1.47 bits per heavy atom. The molecule has 0 bridgehead atoms. The molecule has 1 aromatic rings. The summed E-state index contributed by atoms with van der Waals surface area (Å²) in [4.78, 5) is 13.5. The van der Waals surface area contributed by atoms with E-state index < -0.39 is 5.97 Å². The van der Waals surface area contributed by atoms with E-state index in [9.17, 15) is 9.90 Å². The zero-order valence-corrected chi connectivity index (χ0v) is 12.1. The van der Waals surface area contributed by atoms with Crippen molar-refractivity contribution in [2.75, 3.05) is 13.1 Å². The Morgan fingerprint density at radius 2 is 2.21 bits per heavy atom. The monoisotopic (exact) mass is 281 g/mol. The first-order valence-corrected chi connectivity index (χ1v) is 7.07. The highest BCUT2D eigenvalue weighted by Gasteiger charge is 2.31. The second kappa shape index (κ2) is 5.93. The van der Waals surface area contributed by atoms with Gasteiger partial charge in [0.25, 0.3) is 0 Å². The summed E-state index contributed by atoms with van der Waals surface area (Å²) in [7, 11) is 0. The lowest BCUT2D eigenvalue weighted by atomic mass is 9.89. The summed E-state index contributed by atoms with van der Waals surface area (Å²) >= 11 is 6.02. The number of carbonyl (C=O) groups is 1. The molecule has 3 unspecified atom stereocenters. The maximum atomic E-state index is 11.2. The highest BCUT2D eigenvalue weighted by molar-refractivity contribution is 6.30. The summed E-state index contributed by atoms with van der Waals surface area (Å²) in [5.74, 6) is -0.531. The molecule has 0 amide bonds. The average Bonchev–Trinajstić information content (AvgIpc) is 2.37. The van der Waals surface area contributed by atoms with Crippen LogP contribution in [0, 0.1) is 11.8 Å². The number of carboxylic acids is 1. The highest BCUT2D eigenvalue weighted by atomic mass is 35.5. The number of likely N-dealkylation sites (tertiary alicyclic amines) is 1. The molecule has 1 heterocycles. The largest absolute Gasteiger partial charge is 0.481 e. The van der Waals surface area contributed by atoms with Crippen LogP contribution in [0.4, 0.5) is 0 Å². The van der Waals surface area contributed by atoms with Gasteiger partial charge in [0.2, 0.25) is 0 Å². The van der Waals surface area contributed by atoms with Crippen LogP contribution in [0.3, 0.4) is 0 Å². The van der Waals surface area contributed by atoms with Crippen molar-refractivity contribution >= 4 is 17.6 Å². The predicted molar refractivity (Wildman–Crippen MR) is 76.3 cm³/mol. The van der Waals surface area contributed by atoms with Crippen LogP contribution in [-0.2, 0) is 4.79 Å². The average molecular weight is 282 g/mol. The zero-order valence-electron chi connectivity index (χ0n) is 11.3. The van der Waals surface area contributed by atoms with Crippen molar-refractivity contribution in [1.82, 2.24) is 4.90 Å². The minimum Gasteiger partial charge on any atom is -0.481 e. The smallest absolute Gasteiger partial charge is 0.307 e. The molecule has 1 aliphatic heterocycles. The van der Waals surface area contributed by atoms with Crippen molar-refractivity contribution in [3.05, 3.63) is 34.9 Å². The summed E-state index contributed by atoms with van der Waals surface area (Å²) in [5, 5.41) is 9.95. The van der Waals surface area contributed by atoms with Gasteiger partial charge >= 0.3 is 5.97 Å². The molecule has 3 nitrogen and oxygen atoms in total. The Hall–Kier alpha value is -1.06. The van der Waals surface area contributed by atoms with E-state index in [1.807, 2.05) is 24.3 Å². The van der Waals surface area contributed by atoms with Crippen LogP contribution >= 0.6 is 11.6 Å². The lowest BCUT2D eigenvalue weighted by Crippen LogP contribution is -2.43. The number of piperidine rings is 1. The Morgan fingerprint density at radius 3 is 2.84 bits per heavy atom. The van der Waals surface area contributed by atoms with Gasteiger partial charge in [-0.3, -0.25) is 9.69 Å². The van der Waals surface area contributed by atoms with Crippen LogP contribution in [0.15, 0.2) is 24.3 Å². The molecule has 2 rings (SSSR count). The second-order valence-corrected chi connectivity index (χ2v) is 6.00. The topological polar surface area (TPSA) is 40.5 Å². The molecule has 0 radical (unpaired) electrons. The Bertz CT molecular complexity index is 463. The minimum absolute atomic E-state index is 0.197. The van der Waals surface area contributed by atoms with Gasteiger partial charge in [-0.15, -0.1) is 0 Å². The number of carboxylic acid groups (broad SMARTS) is 1. The molecule has 1 fully saturated rings. The van der Waals surface area contributed by atoms with Crippen molar-refractivity contribution in [1.29, 1.82) is 0 Å². The number of aliphatic carboxylic acids is 1. The van der Waals surface area contributed by atoms with Gasteiger partial charge in [0.1, 0.15) is 0 Å². The number of nitrogens with zero attached hydrogens (tertiary/aromatic N) is 1. The summed E-state index contributed by atoms with van der Waals surface area (Å²) in [6, 6.07) is 8.00. The van der Waals surface area contributed by atoms with Gasteiger partial charge in [0.15, 0.2) is 0 Å². The Kier molecular flexibility index (Phi) is 4.48. The Balaban J connectivity index is 2.14. The van der Waals surface area contributed by atoms with E-state index >= 15 is 0 Å². The number of rotatable bonds is 3. The fraction of sp³-hybridized carbons (Fsp3) is 0.533. The van der Waals surface area contributed by atoms with Gasteiger partial charge in [0, 0.05) is 24.2 Å². The minimum atomic E-state index is -0.685. The van der Waals surface area contributed by atoms with E-state index in [0.29, 0.717) is 12.5 Å².